The second-order valence-electron chi connectivity index (χ2n) is 16.6. The molecule has 3 heteroatoms. The minimum atomic E-state index is -0.383. The van der Waals surface area contributed by atoms with E-state index in [1.54, 1.807) is 0 Å². The highest BCUT2D eigenvalue weighted by atomic mass is 16.5. The van der Waals surface area contributed by atoms with E-state index < -0.39 is 0 Å². The highest BCUT2D eigenvalue weighted by molar-refractivity contribution is 6.01. The maximum Gasteiger partial charge on any atom is 0.235 e. The zero-order chi connectivity index (χ0) is 34.2. The van der Waals surface area contributed by atoms with Crippen LogP contribution < -0.4 is 5.32 Å². The highest BCUT2D eigenvalue weighted by Gasteiger charge is 2.51. The summed E-state index contributed by atoms with van der Waals surface area (Å²) in [6.45, 7) is 32.0. The number of hydrogen-bond donors (Lipinski definition) is 1. The average Bonchev–Trinajstić information content (AvgIpc) is 3.74. The highest BCUT2D eigenvalue weighted by Crippen LogP contribution is 2.49. The standard InChI is InChI=1S/C31H43NO.C11H24O/c1-10-25(30(7,8)9)18-24-19-27(14-11-21(24)2)32-28(33)31(15-16-31)26-13-12-23(22(3)17-26)20-29(4,5)6;1-6-8-11(4,5)12-9-10(3)7-2/h11-14,17-19H,10,15-16,20H2,1-9H3,(H,32,33);10H,6-9H2,1-5H3/b25-18+;. The number of anilines is 1. The van der Waals surface area contributed by atoms with Crippen molar-refractivity contribution in [3.8, 4) is 0 Å². The summed E-state index contributed by atoms with van der Waals surface area (Å²) < 4.78 is 5.82. The third-order valence-corrected chi connectivity index (χ3v) is 9.32. The summed E-state index contributed by atoms with van der Waals surface area (Å²) in [5.74, 6) is 0.817. The summed E-state index contributed by atoms with van der Waals surface area (Å²) in [4.78, 5) is 13.4. The van der Waals surface area contributed by atoms with E-state index in [9.17, 15) is 4.79 Å². The number of hydrogen-bond acceptors (Lipinski definition) is 2. The molecule has 2 aromatic carbocycles. The monoisotopic (exact) mass is 618 g/mol. The van der Waals surface area contributed by atoms with Crippen molar-refractivity contribution in [3.05, 3.63) is 69.8 Å². The van der Waals surface area contributed by atoms with E-state index in [0.717, 1.165) is 50.0 Å². The van der Waals surface area contributed by atoms with Gasteiger partial charge in [-0.3, -0.25) is 4.79 Å². The lowest BCUT2D eigenvalue weighted by molar-refractivity contribution is -0.118. The Bertz CT molecular complexity index is 1280. The molecule has 0 spiro atoms. The maximum absolute atomic E-state index is 13.4. The van der Waals surface area contributed by atoms with Crippen LogP contribution in [-0.2, 0) is 21.4 Å². The topological polar surface area (TPSA) is 38.3 Å². The van der Waals surface area contributed by atoms with Crippen LogP contribution in [-0.4, -0.2) is 18.1 Å². The number of benzene rings is 2. The van der Waals surface area contributed by atoms with Crippen molar-refractivity contribution < 1.29 is 9.53 Å². The van der Waals surface area contributed by atoms with Gasteiger partial charge >= 0.3 is 0 Å². The Hall–Kier alpha value is -2.39. The molecule has 3 rings (SSSR count). The summed E-state index contributed by atoms with van der Waals surface area (Å²) in [7, 11) is 0. The van der Waals surface area contributed by atoms with Gasteiger partial charge in [0, 0.05) is 12.3 Å². The van der Waals surface area contributed by atoms with E-state index in [2.05, 4.69) is 139 Å². The lowest BCUT2D eigenvalue weighted by atomic mass is 9.83. The molecule has 0 radical (unpaired) electrons. The fourth-order valence-corrected chi connectivity index (χ4v) is 5.86. The van der Waals surface area contributed by atoms with E-state index in [-0.39, 0.29) is 27.8 Å². The van der Waals surface area contributed by atoms with Crippen LogP contribution >= 0.6 is 0 Å². The van der Waals surface area contributed by atoms with Crippen molar-refractivity contribution in [1.82, 2.24) is 0 Å². The Morgan fingerprint density at radius 1 is 0.933 bits per heavy atom. The number of rotatable bonds is 12. The largest absolute Gasteiger partial charge is 0.375 e. The minimum absolute atomic E-state index is 0.0815. The SMILES string of the molecule is CC/C(=C\c1cc(NC(=O)C2(c3ccc(CC(C)(C)C)c(C)c3)CC2)ccc1C)C(C)(C)C.CCCC(C)(C)OCC(C)CC. The van der Waals surface area contributed by atoms with Crippen LogP contribution in [0.1, 0.15) is 149 Å². The van der Waals surface area contributed by atoms with Gasteiger partial charge in [0.25, 0.3) is 0 Å². The average molecular weight is 618 g/mol. The number of carbonyl (C=O) groups is 1. The second-order valence-corrected chi connectivity index (χ2v) is 16.6. The van der Waals surface area contributed by atoms with Gasteiger partial charge in [-0.15, -0.1) is 0 Å². The molecule has 1 aliphatic rings. The molecular formula is C42H67NO2. The number of carbonyl (C=O) groups excluding carboxylic acids is 1. The quantitative estimate of drug-likeness (QED) is 0.257. The second kappa shape index (κ2) is 15.9. The number of ether oxygens (including phenoxy) is 1. The van der Waals surface area contributed by atoms with Gasteiger partial charge in [-0.05, 0) is 116 Å². The molecule has 2 aromatic rings. The first-order valence-corrected chi connectivity index (χ1v) is 17.6. The van der Waals surface area contributed by atoms with Gasteiger partial charge < -0.3 is 10.1 Å². The molecule has 3 nitrogen and oxygen atoms in total. The van der Waals surface area contributed by atoms with Crippen LogP contribution in [0.2, 0.25) is 0 Å². The number of amides is 1. The molecular weight excluding hydrogens is 550 g/mol. The Labute approximate surface area is 278 Å². The first kappa shape index (κ1) is 38.8. The molecule has 1 atom stereocenters. The minimum Gasteiger partial charge on any atom is -0.375 e. The summed E-state index contributed by atoms with van der Waals surface area (Å²) >= 11 is 0. The normalized spacial score (nSPS) is 15.6. The fourth-order valence-electron chi connectivity index (χ4n) is 5.86. The van der Waals surface area contributed by atoms with Crippen LogP contribution in [0.3, 0.4) is 0 Å². The molecule has 252 valence electrons. The Balaban J connectivity index is 0.000000498. The first-order valence-electron chi connectivity index (χ1n) is 17.6. The predicted molar refractivity (Wildman–Crippen MR) is 197 cm³/mol. The van der Waals surface area contributed by atoms with Crippen molar-refractivity contribution in [3.63, 3.8) is 0 Å². The first-order chi connectivity index (χ1) is 20.8. The lowest BCUT2D eigenvalue weighted by Gasteiger charge is -2.26. The zero-order valence-corrected chi connectivity index (χ0v) is 31.6. The molecule has 0 heterocycles. The number of allylic oxidation sites excluding steroid dienone is 1. The van der Waals surface area contributed by atoms with E-state index in [0.29, 0.717) is 5.92 Å². The predicted octanol–water partition coefficient (Wildman–Crippen LogP) is 12.0. The summed E-state index contributed by atoms with van der Waals surface area (Å²) in [6, 6.07) is 12.9. The van der Waals surface area contributed by atoms with Gasteiger partial charge in [-0.1, -0.05) is 118 Å². The van der Waals surface area contributed by atoms with Crippen LogP contribution in [0.25, 0.3) is 6.08 Å². The molecule has 0 saturated heterocycles. The van der Waals surface area contributed by atoms with Crippen molar-refractivity contribution >= 4 is 17.7 Å². The molecule has 0 aromatic heterocycles. The molecule has 0 bridgehead atoms. The molecule has 45 heavy (non-hydrogen) atoms. The van der Waals surface area contributed by atoms with Gasteiger partial charge in [-0.25, -0.2) is 0 Å². The van der Waals surface area contributed by atoms with Crippen LogP contribution in [0.4, 0.5) is 5.69 Å². The molecule has 0 aliphatic heterocycles. The Morgan fingerprint density at radius 2 is 1.58 bits per heavy atom. The van der Waals surface area contributed by atoms with E-state index >= 15 is 0 Å². The van der Waals surface area contributed by atoms with Gasteiger partial charge in [0.2, 0.25) is 5.91 Å². The van der Waals surface area contributed by atoms with Crippen molar-refractivity contribution in [1.29, 1.82) is 0 Å². The smallest absolute Gasteiger partial charge is 0.235 e. The zero-order valence-electron chi connectivity index (χ0n) is 31.6. The van der Waals surface area contributed by atoms with Gasteiger partial charge in [0.15, 0.2) is 0 Å². The number of nitrogens with one attached hydrogen (secondary N) is 1. The van der Waals surface area contributed by atoms with Gasteiger partial charge in [-0.2, -0.15) is 0 Å². The lowest BCUT2D eigenvalue weighted by Crippen LogP contribution is -2.28. The number of aryl methyl sites for hydroxylation is 2. The molecule has 1 N–H and O–H groups in total. The molecule has 1 amide bonds. The van der Waals surface area contributed by atoms with Crippen molar-refractivity contribution in [2.75, 3.05) is 11.9 Å². The van der Waals surface area contributed by atoms with Crippen LogP contribution in [0.15, 0.2) is 42.0 Å². The molecule has 1 saturated carbocycles. The van der Waals surface area contributed by atoms with E-state index in [1.807, 2.05) is 6.07 Å². The Kier molecular flexibility index (Phi) is 13.7. The maximum atomic E-state index is 13.4. The third kappa shape index (κ3) is 12.0. The van der Waals surface area contributed by atoms with E-state index in [1.165, 1.54) is 40.7 Å². The summed E-state index contributed by atoms with van der Waals surface area (Å²) in [5.41, 5.74) is 8.63. The van der Waals surface area contributed by atoms with E-state index in [4.69, 9.17) is 4.74 Å². The molecule has 1 fully saturated rings. The summed E-state index contributed by atoms with van der Waals surface area (Å²) in [6.07, 6.45) is 9.77. The van der Waals surface area contributed by atoms with Gasteiger partial charge in [0.05, 0.1) is 11.0 Å². The fraction of sp³-hybridized carbons (Fsp3) is 0.643. The third-order valence-electron chi connectivity index (χ3n) is 9.32. The Morgan fingerprint density at radius 3 is 2.07 bits per heavy atom. The van der Waals surface area contributed by atoms with Crippen LogP contribution in [0, 0.1) is 30.6 Å². The summed E-state index contributed by atoms with van der Waals surface area (Å²) in [5, 5.41) is 3.24. The van der Waals surface area contributed by atoms with Gasteiger partial charge in [0.1, 0.15) is 0 Å². The van der Waals surface area contributed by atoms with Crippen molar-refractivity contribution in [2.45, 2.75) is 153 Å². The van der Waals surface area contributed by atoms with Crippen LogP contribution in [0.5, 0.6) is 0 Å². The molecule has 1 unspecified atom stereocenters. The molecule has 1 aliphatic carbocycles. The van der Waals surface area contributed by atoms with Crippen molar-refractivity contribution in [2.24, 2.45) is 16.7 Å².